The van der Waals surface area contributed by atoms with E-state index in [1.54, 1.807) is 0 Å². The van der Waals surface area contributed by atoms with Gasteiger partial charge in [-0.25, -0.2) is 4.39 Å². The van der Waals surface area contributed by atoms with Gasteiger partial charge in [0.1, 0.15) is 11.6 Å². The Morgan fingerprint density at radius 1 is 1.38 bits per heavy atom. The predicted octanol–water partition coefficient (Wildman–Crippen LogP) is 2.66. The van der Waals surface area contributed by atoms with Gasteiger partial charge in [0.15, 0.2) is 0 Å². The van der Waals surface area contributed by atoms with Crippen LogP contribution in [0.1, 0.15) is 25.7 Å². The first-order chi connectivity index (χ1) is 7.66. The molecule has 0 radical (unpaired) electrons. The quantitative estimate of drug-likeness (QED) is 0.757. The van der Waals surface area contributed by atoms with Gasteiger partial charge in [-0.15, -0.1) is 0 Å². The fourth-order valence-corrected chi connectivity index (χ4v) is 2.03. The van der Waals surface area contributed by atoms with Crippen LogP contribution < -0.4 is 5.32 Å². The minimum absolute atomic E-state index is 0.00760. The number of nitrogens with one attached hydrogen (secondary N) is 1. The van der Waals surface area contributed by atoms with E-state index >= 15 is 0 Å². The van der Waals surface area contributed by atoms with Gasteiger partial charge < -0.3 is 10.4 Å². The van der Waals surface area contributed by atoms with E-state index in [0.29, 0.717) is 0 Å². The molecule has 1 saturated carbocycles. The predicted molar refractivity (Wildman–Crippen MR) is 58.7 cm³/mol. The average molecular weight is 223 g/mol. The van der Waals surface area contributed by atoms with Gasteiger partial charge in [-0.05, 0) is 25.0 Å². The molecule has 2 rings (SSSR count). The first kappa shape index (κ1) is 10.9. The van der Waals surface area contributed by atoms with E-state index < -0.39 is 5.82 Å². The third-order valence-electron chi connectivity index (χ3n) is 2.94. The molecule has 1 aliphatic rings. The van der Waals surface area contributed by atoms with Crippen molar-refractivity contribution in [3.05, 3.63) is 24.0 Å². The highest BCUT2D eigenvalue weighted by Crippen LogP contribution is 2.27. The summed E-state index contributed by atoms with van der Waals surface area (Å²) < 4.78 is 13.3. The number of aromatic hydroxyl groups is 1. The molecule has 0 saturated heterocycles. The summed E-state index contributed by atoms with van der Waals surface area (Å²) in [7, 11) is 0. The zero-order valence-electron chi connectivity index (χ0n) is 8.87. The molecule has 2 N–H and O–H groups in total. The number of halogens is 1. The van der Waals surface area contributed by atoms with Gasteiger partial charge >= 0.3 is 0 Å². The molecule has 1 aromatic carbocycles. The summed E-state index contributed by atoms with van der Waals surface area (Å²) in [6, 6.07) is 3.72. The molecule has 1 fully saturated rings. The molecule has 1 amide bonds. The smallest absolute Gasteiger partial charge is 0.227 e. The van der Waals surface area contributed by atoms with Gasteiger partial charge in [-0.3, -0.25) is 4.79 Å². The van der Waals surface area contributed by atoms with Crippen molar-refractivity contribution < 1.29 is 14.3 Å². The number of rotatable bonds is 2. The second-order valence-corrected chi connectivity index (χ2v) is 4.13. The molecule has 0 atom stereocenters. The number of benzene rings is 1. The molecule has 16 heavy (non-hydrogen) atoms. The van der Waals surface area contributed by atoms with Gasteiger partial charge in [0.2, 0.25) is 5.91 Å². The molecule has 0 spiro atoms. The average Bonchev–Trinajstić information content (AvgIpc) is 2.75. The highest BCUT2D eigenvalue weighted by molar-refractivity contribution is 5.92. The Balaban J connectivity index is 2.05. The second-order valence-electron chi connectivity index (χ2n) is 4.13. The van der Waals surface area contributed by atoms with Gasteiger partial charge in [-0.1, -0.05) is 12.8 Å². The number of hydrogen-bond acceptors (Lipinski definition) is 2. The molecule has 0 aromatic heterocycles. The Morgan fingerprint density at radius 2 is 2.06 bits per heavy atom. The van der Waals surface area contributed by atoms with Crippen LogP contribution in [0.3, 0.4) is 0 Å². The van der Waals surface area contributed by atoms with Crippen LogP contribution in [0.2, 0.25) is 0 Å². The zero-order valence-corrected chi connectivity index (χ0v) is 8.87. The molecule has 86 valence electrons. The molecule has 1 aromatic rings. The van der Waals surface area contributed by atoms with Crippen LogP contribution in [-0.2, 0) is 4.79 Å². The van der Waals surface area contributed by atoms with E-state index in [-0.39, 0.29) is 23.3 Å². The third kappa shape index (κ3) is 2.32. The Bertz CT molecular complexity index is 400. The van der Waals surface area contributed by atoms with E-state index in [4.69, 9.17) is 5.11 Å². The zero-order chi connectivity index (χ0) is 11.5. The molecule has 0 heterocycles. The van der Waals surface area contributed by atoms with Crippen LogP contribution in [0.15, 0.2) is 18.2 Å². The summed E-state index contributed by atoms with van der Waals surface area (Å²) in [6.07, 6.45) is 3.89. The maximum atomic E-state index is 13.3. The van der Waals surface area contributed by atoms with Gasteiger partial charge in [0.25, 0.3) is 0 Å². The number of phenols is 1. The maximum Gasteiger partial charge on any atom is 0.227 e. The molecule has 0 aliphatic heterocycles. The Hall–Kier alpha value is -1.58. The van der Waals surface area contributed by atoms with Crippen molar-refractivity contribution >= 4 is 11.6 Å². The Labute approximate surface area is 93.3 Å². The first-order valence-electron chi connectivity index (χ1n) is 5.46. The van der Waals surface area contributed by atoms with Crippen molar-refractivity contribution in [2.75, 3.05) is 5.32 Å². The summed E-state index contributed by atoms with van der Waals surface area (Å²) in [6.45, 7) is 0. The first-order valence-corrected chi connectivity index (χ1v) is 5.46. The van der Waals surface area contributed by atoms with Crippen LogP contribution in [0.5, 0.6) is 5.75 Å². The fraction of sp³-hybridized carbons (Fsp3) is 0.417. The number of anilines is 1. The fourth-order valence-electron chi connectivity index (χ4n) is 2.03. The molecule has 4 heteroatoms. The summed E-state index contributed by atoms with van der Waals surface area (Å²) >= 11 is 0. The van der Waals surface area contributed by atoms with Crippen molar-refractivity contribution in [3.8, 4) is 5.75 Å². The molecule has 0 unspecified atom stereocenters. The van der Waals surface area contributed by atoms with Crippen molar-refractivity contribution in [2.24, 2.45) is 5.92 Å². The van der Waals surface area contributed by atoms with Crippen LogP contribution in [0.25, 0.3) is 0 Å². The summed E-state index contributed by atoms with van der Waals surface area (Å²) in [4.78, 5) is 11.7. The topological polar surface area (TPSA) is 49.3 Å². The highest BCUT2D eigenvalue weighted by Gasteiger charge is 2.23. The summed E-state index contributed by atoms with van der Waals surface area (Å²) in [5.74, 6) is -0.863. The van der Waals surface area contributed by atoms with Crippen molar-refractivity contribution in [2.45, 2.75) is 25.7 Å². The highest BCUT2D eigenvalue weighted by atomic mass is 19.1. The summed E-state index contributed by atoms with van der Waals surface area (Å²) in [5.41, 5.74) is 0.134. The van der Waals surface area contributed by atoms with Gasteiger partial charge in [0, 0.05) is 12.0 Å². The number of carbonyl (C=O) groups is 1. The maximum absolute atomic E-state index is 13.3. The van der Waals surface area contributed by atoms with E-state index in [0.717, 1.165) is 31.7 Å². The minimum atomic E-state index is -0.605. The van der Waals surface area contributed by atoms with Crippen LogP contribution in [0, 0.1) is 11.7 Å². The lowest BCUT2D eigenvalue weighted by Crippen LogP contribution is -2.20. The molecule has 0 bridgehead atoms. The minimum Gasteiger partial charge on any atom is -0.508 e. The Morgan fingerprint density at radius 3 is 2.69 bits per heavy atom. The van der Waals surface area contributed by atoms with Gasteiger partial charge in [-0.2, -0.15) is 0 Å². The van der Waals surface area contributed by atoms with Gasteiger partial charge in [0.05, 0.1) is 5.69 Å². The number of carbonyl (C=O) groups excluding carboxylic acids is 1. The lowest BCUT2D eigenvalue weighted by Gasteiger charge is -2.10. The van der Waals surface area contributed by atoms with Crippen LogP contribution >= 0.6 is 0 Å². The second kappa shape index (κ2) is 4.51. The van der Waals surface area contributed by atoms with E-state index in [1.807, 2.05) is 0 Å². The standard InChI is InChI=1S/C12H14FNO2/c13-10-7-9(15)5-6-11(10)14-12(16)8-3-1-2-4-8/h5-8,15H,1-4H2,(H,14,16). The van der Waals surface area contributed by atoms with Crippen molar-refractivity contribution in [3.63, 3.8) is 0 Å². The van der Waals surface area contributed by atoms with Crippen LogP contribution in [-0.4, -0.2) is 11.0 Å². The number of phenolic OH excluding ortho intramolecular Hbond substituents is 1. The summed E-state index contributed by atoms with van der Waals surface area (Å²) in [5, 5.41) is 11.6. The van der Waals surface area contributed by atoms with Crippen molar-refractivity contribution in [1.82, 2.24) is 0 Å². The largest absolute Gasteiger partial charge is 0.508 e. The van der Waals surface area contributed by atoms with E-state index in [2.05, 4.69) is 5.32 Å². The molecule has 3 nitrogen and oxygen atoms in total. The molecular formula is C12H14FNO2. The van der Waals surface area contributed by atoms with E-state index in [9.17, 15) is 9.18 Å². The lowest BCUT2D eigenvalue weighted by molar-refractivity contribution is -0.119. The molecular weight excluding hydrogens is 209 g/mol. The normalized spacial score (nSPS) is 16.3. The number of amides is 1. The van der Waals surface area contributed by atoms with Crippen LogP contribution in [0.4, 0.5) is 10.1 Å². The third-order valence-corrected chi connectivity index (χ3v) is 2.94. The Kier molecular flexibility index (Phi) is 3.08. The SMILES string of the molecule is O=C(Nc1ccc(O)cc1F)C1CCCC1. The monoisotopic (exact) mass is 223 g/mol. The molecule has 1 aliphatic carbocycles. The lowest BCUT2D eigenvalue weighted by atomic mass is 10.1. The van der Waals surface area contributed by atoms with E-state index in [1.165, 1.54) is 12.1 Å². The number of hydrogen-bond donors (Lipinski definition) is 2. The van der Waals surface area contributed by atoms with Crippen molar-refractivity contribution in [1.29, 1.82) is 0 Å².